The second-order valence-corrected chi connectivity index (χ2v) is 4.49. The number of nitrogens with one attached hydrogen (secondary N) is 1. The van der Waals surface area contributed by atoms with Crippen LogP contribution in [0.4, 0.5) is 11.4 Å². The number of aliphatic carboxylic acids is 1. The van der Waals surface area contributed by atoms with E-state index in [9.17, 15) is 14.9 Å². The Morgan fingerprint density at radius 3 is 2.85 bits per heavy atom. The van der Waals surface area contributed by atoms with E-state index in [0.717, 1.165) is 0 Å². The molecule has 0 saturated heterocycles. The highest BCUT2D eigenvalue weighted by molar-refractivity contribution is 5.68. The molecule has 0 amide bonds. The monoisotopic (exact) mass is 277 g/mol. The SMILES string of the molecule is CC(CCC(=O)O)CNc1cccc(C#N)c1[N+](=O)[O-]. The standard InChI is InChI=1S/C13H15N3O4/c1-9(5-6-12(17)18)8-15-11-4-2-3-10(7-14)13(11)16(19)20/h2-4,9,15H,5-6,8H2,1H3,(H,17,18). The largest absolute Gasteiger partial charge is 0.481 e. The number of nitrogens with zero attached hydrogens (tertiary/aromatic N) is 2. The Hall–Kier alpha value is -2.62. The Bertz CT molecular complexity index is 551. The van der Waals surface area contributed by atoms with Crippen LogP contribution in [0.2, 0.25) is 0 Å². The minimum absolute atomic E-state index is 0.00168. The van der Waals surface area contributed by atoms with Crippen molar-refractivity contribution < 1.29 is 14.8 Å². The molecule has 106 valence electrons. The molecule has 20 heavy (non-hydrogen) atoms. The summed E-state index contributed by atoms with van der Waals surface area (Å²) >= 11 is 0. The predicted molar refractivity (Wildman–Crippen MR) is 72.3 cm³/mol. The Morgan fingerprint density at radius 1 is 1.60 bits per heavy atom. The summed E-state index contributed by atoms with van der Waals surface area (Å²) in [7, 11) is 0. The van der Waals surface area contributed by atoms with Crippen LogP contribution in [0.5, 0.6) is 0 Å². The number of rotatable bonds is 7. The first-order chi connectivity index (χ1) is 9.45. The van der Waals surface area contributed by atoms with Gasteiger partial charge in [0.05, 0.1) is 4.92 Å². The third kappa shape index (κ3) is 4.24. The van der Waals surface area contributed by atoms with Gasteiger partial charge in [-0.25, -0.2) is 0 Å². The Balaban J connectivity index is 2.76. The fourth-order valence-corrected chi connectivity index (χ4v) is 1.73. The van der Waals surface area contributed by atoms with Gasteiger partial charge in [0.25, 0.3) is 0 Å². The zero-order valence-electron chi connectivity index (χ0n) is 11.0. The van der Waals surface area contributed by atoms with E-state index in [2.05, 4.69) is 5.32 Å². The van der Waals surface area contributed by atoms with E-state index in [1.807, 2.05) is 6.92 Å². The van der Waals surface area contributed by atoms with Crippen molar-refractivity contribution in [1.82, 2.24) is 0 Å². The maximum Gasteiger partial charge on any atom is 0.309 e. The minimum atomic E-state index is -0.866. The Kier molecular flexibility index (Phi) is 5.47. The molecular formula is C13H15N3O4. The van der Waals surface area contributed by atoms with Crippen LogP contribution in [0.15, 0.2) is 18.2 Å². The summed E-state index contributed by atoms with van der Waals surface area (Å²) in [5.41, 5.74) is 0.0230. The molecule has 1 rings (SSSR count). The molecule has 0 fully saturated rings. The summed E-state index contributed by atoms with van der Waals surface area (Å²) in [6.07, 6.45) is 0.539. The van der Waals surface area contributed by atoms with Gasteiger partial charge in [0.1, 0.15) is 17.3 Å². The molecule has 0 saturated carbocycles. The second kappa shape index (κ2) is 7.09. The van der Waals surface area contributed by atoms with Crippen molar-refractivity contribution in [2.75, 3.05) is 11.9 Å². The lowest BCUT2D eigenvalue weighted by Crippen LogP contribution is -2.14. The van der Waals surface area contributed by atoms with E-state index in [1.54, 1.807) is 12.1 Å². The number of nitriles is 1. The summed E-state index contributed by atoms with van der Waals surface area (Å²) in [5.74, 6) is -0.814. The van der Waals surface area contributed by atoms with Crippen LogP contribution in [0.3, 0.4) is 0 Å². The van der Waals surface area contributed by atoms with Gasteiger partial charge in [-0.15, -0.1) is 0 Å². The van der Waals surface area contributed by atoms with E-state index in [1.165, 1.54) is 12.1 Å². The van der Waals surface area contributed by atoms with Gasteiger partial charge in [-0.1, -0.05) is 13.0 Å². The van der Waals surface area contributed by atoms with E-state index < -0.39 is 10.9 Å². The fourth-order valence-electron chi connectivity index (χ4n) is 1.73. The predicted octanol–water partition coefficient (Wildman–Crippen LogP) is 2.38. The molecule has 0 heterocycles. The molecule has 0 aromatic heterocycles. The average Bonchev–Trinajstić information content (AvgIpc) is 2.41. The second-order valence-electron chi connectivity index (χ2n) is 4.49. The molecule has 0 radical (unpaired) electrons. The third-order valence-electron chi connectivity index (χ3n) is 2.83. The van der Waals surface area contributed by atoms with Crippen LogP contribution < -0.4 is 5.32 Å². The number of carbonyl (C=O) groups is 1. The van der Waals surface area contributed by atoms with Crippen LogP contribution >= 0.6 is 0 Å². The highest BCUT2D eigenvalue weighted by Crippen LogP contribution is 2.28. The fraction of sp³-hybridized carbons (Fsp3) is 0.385. The van der Waals surface area contributed by atoms with Crippen molar-refractivity contribution in [3.8, 4) is 6.07 Å². The van der Waals surface area contributed by atoms with Gasteiger partial charge in [-0.05, 0) is 24.5 Å². The molecule has 1 unspecified atom stereocenters. The Morgan fingerprint density at radius 2 is 2.30 bits per heavy atom. The smallest absolute Gasteiger partial charge is 0.309 e. The number of carboxylic acids is 1. The van der Waals surface area contributed by atoms with E-state index in [0.29, 0.717) is 13.0 Å². The molecule has 1 atom stereocenters. The minimum Gasteiger partial charge on any atom is -0.481 e. The van der Waals surface area contributed by atoms with Crippen molar-refractivity contribution in [1.29, 1.82) is 5.26 Å². The number of carboxylic acid groups (broad SMARTS) is 1. The summed E-state index contributed by atoms with van der Waals surface area (Å²) in [4.78, 5) is 20.9. The summed E-state index contributed by atoms with van der Waals surface area (Å²) in [6.45, 7) is 2.26. The van der Waals surface area contributed by atoms with Gasteiger partial charge in [-0.2, -0.15) is 5.26 Å². The highest BCUT2D eigenvalue weighted by Gasteiger charge is 2.19. The van der Waals surface area contributed by atoms with Gasteiger partial charge < -0.3 is 10.4 Å². The first-order valence-electron chi connectivity index (χ1n) is 6.09. The quantitative estimate of drug-likeness (QED) is 0.583. The summed E-state index contributed by atoms with van der Waals surface area (Å²) in [6, 6.07) is 6.27. The molecule has 2 N–H and O–H groups in total. The molecule has 0 spiro atoms. The van der Waals surface area contributed by atoms with E-state index in [4.69, 9.17) is 10.4 Å². The summed E-state index contributed by atoms with van der Waals surface area (Å²) in [5, 5.41) is 31.4. The molecule has 0 aliphatic carbocycles. The lowest BCUT2D eigenvalue weighted by atomic mass is 10.1. The first kappa shape index (κ1) is 15.4. The van der Waals surface area contributed by atoms with E-state index >= 15 is 0 Å². The van der Waals surface area contributed by atoms with Crippen LogP contribution in [0, 0.1) is 27.4 Å². The van der Waals surface area contributed by atoms with Crippen LogP contribution in [0.25, 0.3) is 0 Å². The maximum atomic E-state index is 11.0. The number of nitro benzene ring substituents is 1. The molecule has 0 aliphatic heterocycles. The van der Waals surface area contributed by atoms with Gasteiger partial charge in [0.15, 0.2) is 0 Å². The molecule has 1 aromatic carbocycles. The van der Waals surface area contributed by atoms with Crippen molar-refractivity contribution in [3.63, 3.8) is 0 Å². The number of nitro groups is 1. The average molecular weight is 277 g/mol. The lowest BCUT2D eigenvalue weighted by molar-refractivity contribution is -0.384. The number of benzene rings is 1. The van der Waals surface area contributed by atoms with Crippen molar-refractivity contribution in [2.45, 2.75) is 19.8 Å². The van der Waals surface area contributed by atoms with Crippen LogP contribution in [-0.2, 0) is 4.79 Å². The lowest BCUT2D eigenvalue weighted by Gasteiger charge is -2.13. The number of para-hydroxylation sites is 1. The highest BCUT2D eigenvalue weighted by atomic mass is 16.6. The van der Waals surface area contributed by atoms with Gasteiger partial charge >= 0.3 is 11.7 Å². The van der Waals surface area contributed by atoms with Crippen molar-refractivity contribution in [3.05, 3.63) is 33.9 Å². The van der Waals surface area contributed by atoms with Gasteiger partial charge in [0, 0.05) is 13.0 Å². The van der Waals surface area contributed by atoms with Crippen molar-refractivity contribution >= 4 is 17.3 Å². The third-order valence-corrected chi connectivity index (χ3v) is 2.83. The molecule has 7 nitrogen and oxygen atoms in total. The molecule has 7 heteroatoms. The van der Waals surface area contributed by atoms with Gasteiger partial charge in [-0.3, -0.25) is 14.9 Å². The molecular weight excluding hydrogens is 262 g/mol. The molecule has 1 aromatic rings. The van der Waals surface area contributed by atoms with E-state index in [-0.39, 0.29) is 29.3 Å². The van der Waals surface area contributed by atoms with Crippen LogP contribution in [-0.4, -0.2) is 22.5 Å². The normalized spacial score (nSPS) is 11.4. The zero-order chi connectivity index (χ0) is 15.1. The first-order valence-corrected chi connectivity index (χ1v) is 6.09. The zero-order valence-corrected chi connectivity index (χ0v) is 11.0. The van der Waals surface area contributed by atoms with Crippen molar-refractivity contribution in [2.24, 2.45) is 5.92 Å². The van der Waals surface area contributed by atoms with Crippen LogP contribution in [0.1, 0.15) is 25.3 Å². The number of hydrogen-bond acceptors (Lipinski definition) is 5. The summed E-state index contributed by atoms with van der Waals surface area (Å²) < 4.78 is 0. The number of hydrogen-bond donors (Lipinski definition) is 2. The Labute approximate surface area is 116 Å². The molecule has 0 bridgehead atoms. The molecule has 0 aliphatic rings. The number of anilines is 1. The maximum absolute atomic E-state index is 11.0. The van der Waals surface area contributed by atoms with Gasteiger partial charge in [0.2, 0.25) is 0 Å². The topological polar surface area (TPSA) is 116 Å².